The zero-order valence-electron chi connectivity index (χ0n) is 19.7. The lowest BCUT2D eigenvalue weighted by atomic mass is 9.84. The zero-order chi connectivity index (χ0) is 21.8. The Bertz CT molecular complexity index is 688. The Hall–Kier alpha value is -1.35. The first-order valence-electron chi connectivity index (χ1n) is 11.5. The fourth-order valence-electron chi connectivity index (χ4n) is 3.87. The van der Waals surface area contributed by atoms with Crippen molar-refractivity contribution in [3.8, 4) is 0 Å². The number of amides is 1. The van der Waals surface area contributed by atoms with Gasteiger partial charge in [-0.2, -0.15) is 0 Å². The molecule has 0 aromatic heterocycles. The number of rotatable bonds is 10. The third-order valence-corrected chi connectivity index (χ3v) is 5.53. The van der Waals surface area contributed by atoms with Crippen LogP contribution in [-0.4, -0.2) is 62.7 Å². The first-order valence-corrected chi connectivity index (χ1v) is 11.5. The number of carbonyl (C=O) groups excluding carboxylic acids is 1. The summed E-state index contributed by atoms with van der Waals surface area (Å²) in [5, 5.41) is 6.79. The number of ether oxygens (including phenoxy) is 1. The molecule has 1 aromatic carbocycles. The van der Waals surface area contributed by atoms with E-state index in [1.807, 2.05) is 18.2 Å². The average molecular weight is 545 g/mol. The van der Waals surface area contributed by atoms with E-state index in [2.05, 4.69) is 30.5 Å². The highest BCUT2D eigenvalue weighted by Crippen LogP contribution is 2.32. The van der Waals surface area contributed by atoms with Crippen molar-refractivity contribution < 1.29 is 9.53 Å². The van der Waals surface area contributed by atoms with Crippen LogP contribution in [0.4, 0.5) is 0 Å². The maximum absolute atomic E-state index is 12.2. The molecule has 0 aliphatic heterocycles. The van der Waals surface area contributed by atoms with Gasteiger partial charge in [-0.3, -0.25) is 9.79 Å². The minimum Gasteiger partial charge on any atom is -0.373 e. The minimum absolute atomic E-state index is 0. The molecule has 0 atom stereocenters. The van der Waals surface area contributed by atoms with E-state index < -0.39 is 0 Å². The van der Waals surface area contributed by atoms with Crippen LogP contribution in [0.15, 0.2) is 29.3 Å². The average Bonchev–Trinajstić information content (AvgIpc) is 2.76. The molecule has 2 N–H and O–H groups in total. The van der Waals surface area contributed by atoms with E-state index in [4.69, 9.17) is 9.73 Å². The molecule has 176 valence electrons. The lowest BCUT2D eigenvalue weighted by Crippen LogP contribution is -2.43. The smallest absolute Gasteiger partial charge is 0.253 e. The van der Waals surface area contributed by atoms with Crippen LogP contribution in [0, 0.1) is 0 Å². The highest BCUT2D eigenvalue weighted by molar-refractivity contribution is 14.0. The van der Waals surface area contributed by atoms with Crippen LogP contribution < -0.4 is 10.6 Å². The zero-order valence-corrected chi connectivity index (χ0v) is 22.0. The molecule has 1 aromatic rings. The van der Waals surface area contributed by atoms with Gasteiger partial charge in [0.05, 0.1) is 12.1 Å². The molecule has 0 heterocycles. The van der Waals surface area contributed by atoms with Crippen LogP contribution in [-0.2, 0) is 11.2 Å². The molecule has 0 bridgehead atoms. The lowest BCUT2D eigenvalue weighted by molar-refractivity contribution is -0.0624. The normalized spacial score (nSPS) is 15.7. The van der Waals surface area contributed by atoms with Crippen LogP contribution in [0.5, 0.6) is 0 Å². The van der Waals surface area contributed by atoms with Crippen LogP contribution in [0.1, 0.15) is 68.3 Å². The van der Waals surface area contributed by atoms with E-state index in [1.165, 1.54) is 19.3 Å². The van der Waals surface area contributed by atoms with Crippen molar-refractivity contribution >= 4 is 35.8 Å². The van der Waals surface area contributed by atoms with Gasteiger partial charge in [-0.25, -0.2) is 0 Å². The molecular formula is C24H41IN4O2. The molecular weight excluding hydrogens is 503 g/mol. The summed E-state index contributed by atoms with van der Waals surface area (Å²) in [6.07, 6.45) is 7.83. The molecule has 1 aliphatic carbocycles. The first kappa shape index (κ1) is 27.7. The molecule has 1 amide bonds. The maximum atomic E-state index is 12.2. The molecule has 1 saturated carbocycles. The van der Waals surface area contributed by atoms with E-state index >= 15 is 0 Å². The van der Waals surface area contributed by atoms with E-state index in [1.54, 1.807) is 19.0 Å². The standard InChI is InChI=1S/C24H40N4O2.HI/c1-5-17-30-24(14-8-7-9-15-24)19-27-23(25-6-2)26-16-13-20-11-10-12-21(18-20)22(29)28(3)4;/h10-12,18H,5-9,13-17,19H2,1-4H3,(H2,25,26,27);1H. The highest BCUT2D eigenvalue weighted by Gasteiger charge is 2.32. The molecule has 0 radical (unpaired) electrons. The van der Waals surface area contributed by atoms with E-state index in [0.717, 1.165) is 62.5 Å². The fourth-order valence-corrected chi connectivity index (χ4v) is 3.87. The van der Waals surface area contributed by atoms with Crippen molar-refractivity contribution in [3.63, 3.8) is 0 Å². The molecule has 1 fully saturated rings. The molecule has 2 rings (SSSR count). The number of hydrogen-bond donors (Lipinski definition) is 2. The quantitative estimate of drug-likeness (QED) is 0.263. The SMILES string of the molecule is CCCOC1(CN=C(NCC)NCCc2cccc(C(=O)N(C)C)c2)CCCCC1.I. The second kappa shape index (κ2) is 14.7. The Morgan fingerprint density at radius 3 is 2.55 bits per heavy atom. The van der Waals surface area contributed by atoms with Gasteiger partial charge in [-0.1, -0.05) is 38.3 Å². The number of benzene rings is 1. The lowest BCUT2D eigenvalue weighted by Gasteiger charge is -2.36. The Morgan fingerprint density at radius 2 is 1.90 bits per heavy atom. The Morgan fingerprint density at radius 1 is 1.16 bits per heavy atom. The third-order valence-electron chi connectivity index (χ3n) is 5.53. The van der Waals surface area contributed by atoms with Gasteiger partial charge in [0, 0.05) is 39.4 Å². The van der Waals surface area contributed by atoms with Gasteiger partial charge >= 0.3 is 0 Å². The summed E-state index contributed by atoms with van der Waals surface area (Å²) in [5.74, 6) is 0.868. The number of nitrogens with zero attached hydrogens (tertiary/aromatic N) is 2. The Balaban J connectivity index is 0.00000480. The number of carbonyl (C=O) groups is 1. The monoisotopic (exact) mass is 544 g/mol. The fraction of sp³-hybridized carbons (Fsp3) is 0.667. The molecule has 6 nitrogen and oxygen atoms in total. The topological polar surface area (TPSA) is 66.0 Å². The van der Waals surface area contributed by atoms with E-state index in [9.17, 15) is 4.79 Å². The molecule has 1 aliphatic rings. The molecule has 7 heteroatoms. The highest BCUT2D eigenvalue weighted by atomic mass is 127. The third kappa shape index (κ3) is 9.35. The number of nitrogens with one attached hydrogen (secondary N) is 2. The molecule has 31 heavy (non-hydrogen) atoms. The van der Waals surface area contributed by atoms with Crippen LogP contribution >= 0.6 is 24.0 Å². The predicted octanol–water partition coefficient (Wildman–Crippen LogP) is 4.23. The van der Waals surface area contributed by atoms with Crippen molar-refractivity contribution in [2.45, 2.75) is 64.4 Å². The molecule has 0 saturated heterocycles. The summed E-state index contributed by atoms with van der Waals surface area (Å²) in [4.78, 5) is 18.7. The number of guanidine groups is 1. The first-order chi connectivity index (χ1) is 14.5. The van der Waals surface area contributed by atoms with E-state index in [-0.39, 0.29) is 35.5 Å². The maximum Gasteiger partial charge on any atom is 0.253 e. The summed E-state index contributed by atoms with van der Waals surface area (Å²) in [6, 6.07) is 7.85. The van der Waals surface area contributed by atoms with Gasteiger partial charge in [0.2, 0.25) is 0 Å². The van der Waals surface area contributed by atoms with Gasteiger partial charge in [-0.05, 0) is 50.3 Å². The van der Waals surface area contributed by atoms with E-state index in [0.29, 0.717) is 6.54 Å². The van der Waals surface area contributed by atoms with Crippen molar-refractivity contribution in [1.29, 1.82) is 0 Å². The largest absolute Gasteiger partial charge is 0.373 e. The van der Waals surface area contributed by atoms with Gasteiger partial charge in [0.1, 0.15) is 0 Å². The number of aliphatic imine (C=N–C) groups is 1. The van der Waals surface area contributed by atoms with Crippen molar-refractivity contribution in [3.05, 3.63) is 35.4 Å². The number of halogens is 1. The second-order valence-electron chi connectivity index (χ2n) is 8.36. The van der Waals surface area contributed by atoms with Crippen LogP contribution in [0.2, 0.25) is 0 Å². The van der Waals surface area contributed by atoms with Gasteiger partial charge in [-0.15, -0.1) is 24.0 Å². The summed E-state index contributed by atoms with van der Waals surface area (Å²) in [5.41, 5.74) is 1.77. The van der Waals surface area contributed by atoms with Gasteiger partial charge in [0.15, 0.2) is 5.96 Å². The second-order valence-corrected chi connectivity index (χ2v) is 8.36. The van der Waals surface area contributed by atoms with Gasteiger partial charge in [0.25, 0.3) is 5.91 Å². The van der Waals surface area contributed by atoms with Crippen molar-refractivity contribution in [2.75, 3.05) is 40.3 Å². The number of hydrogen-bond acceptors (Lipinski definition) is 3. The Labute approximate surface area is 205 Å². The van der Waals surface area contributed by atoms with Crippen LogP contribution in [0.3, 0.4) is 0 Å². The summed E-state index contributed by atoms with van der Waals surface area (Å²) in [6.45, 7) is 7.33. The van der Waals surface area contributed by atoms with Crippen molar-refractivity contribution in [2.24, 2.45) is 4.99 Å². The van der Waals surface area contributed by atoms with Gasteiger partial charge < -0.3 is 20.3 Å². The predicted molar refractivity (Wildman–Crippen MR) is 140 cm³/mol. The van der Waals surface area contributed by atoms with Crippen LogP contribution in [0.25, 0.3) is 0 Å². The molecule has 0 unspecified atom stereocenters. The van der Waals surface area contributed by atoms with Crippen molar-refractivity contribution in [1.82, 2.24) is 15.5 Å². The summed E-state index contributed by atoms with van der Waals surface area (Å²) >= 11 is 0. The summed E-state index contributed by atoms with van der Waals surface area (Å²) < 4.78 is 6.28. The Kier molecular flexibility index (Phi) is 13.1. The summed E-state index contributed by atoms with van der Waals surface area (Å²) in [7, 11) is 3.55. The molecule has 0 spiro atoms. The minimum atomic E-state index is -0.0997.